The highest BCUT2D eigenvalue weighted by molar-refractivity contribution is 5.85. The zero-order valence-electron chi connectivity index (χ0n) is 15.7. The summed E-state index contributed by atoms with van der Waals surface area (Å²) in [6.07, 6.45) is 0.920. The van der Waals surface area contributed by atoms with Crippen LogP contribution in [0.25, 0.3) is 0 Å². The van der Waals surface area contributed by atoms with Crippen LogP contribution >= 0.6 is 12.4 Å². The van der Waals surface area contributed by atoms with Gasteiger partial charge >= 0.3 is 0 Å². The third kappa shape index (κ3) is 6.02. The maximum atomic E-state index is 6.36. The quantitative estimate of drug-likeness (QED) is 0.491. The summed E-state index contributed by atoms with van der Waals surface area (Å²) >= 11 is 0. The van der Waals surface area contributed by atoms with Gasteiger partial charge in [0.05, 0.1) is 0 Å². The third-order valence-corrected chi connectivity index (χ3v) is 4.06. The Hall–Kier alpha value is -2.49. The van der Waals surface area contributed by atoms with Crippen molar-refractivity contribution in [1.82, 2.24) is 0 Å². The molecule has 0 unspecified atom stereocenters. The zero-order chi connectivity index (χ0) is 18.4. The fraction of sp³-hybridized carbons (Fsp3) is 0.217. The predicted molar refractivity (Wildman–Crippen MR) is 113 cm³/mol. The van der Waals surface area contributed by atoms with E-state index in [9.17, 15) is 0 Å². The lowest BCUT2D eigenvalue weighted by atomic mass is 9.97. The second-order valence-corrected chi connectivity index (χ2v) is 6.77. The monoisotopic (exact) mass is 383 g/mol. The maximum absolute atomic E-state index is 6.36. The van der Waals surface area contributed by atoms with Crippen LogP contribution in [0.3, 0.4) is 0 Å². The minimum atomic E-state index is -0.0288. The number of ether oxygens (including phenoxy) is 2. The van der Waals surface area contributed by atoms with Crippen LogP contribution < -0.4 is 15.2 Å². The van der Waals surface area contributed by atoms with E-state index >= 15 is 0 Å². The fourth-order valence-electron chi connectivity index (χ4n) is 2.79. The molecule has 0 saturated carbocycles. The number of benzene rings is 3. The van der Waals surface area contributed by atoms with Crippen LogP contribution in [-0.4, -0.2) is 0 Å². The minimum absolute atomic E-state index is 0. The second-order valence-electron chi connectivity index (χ2n) is 6.77. The minimum Gasteiger partial charge on any atom is -0.453 e. The first-order valence-electron chi connectivity index (χ1n) is 8.97. The van der Waals surface area contributed by atoms with Gasteiger partial charge in [-0.2, -0.15) is 0 Å². The van der Waals surface area contributed by atoms with E-state index in [-0.39, 0.29) is 18.4 Å². The summed E-state index contributed by atoms with van der Waals surface area (Å²) in [4.78, 5) is 0. The van der Waals surface area contributed by atoms with Crippen LogP contribution in [0, 0.1) is 5.92 Å². The van der Waals surface area contributed by atoms with Crippen LogP contribution in [0.4, 0.5) is 0 Å². The number of hydrogen-bond acceptors (Lipinski definition) is 3. The average Bonchev–Trinajstić information content (AvgIpc) is 2.64. The van der Waals surface area contributed by atoms with Crippen LogP contribution in [-0.2, 0) is 0 Å². The third-order valence-electron chi connectivity index (χ3n) is 4.06. The Kier molecular flexibility index (Phi) is 7.71. The van der Waals surface area contributed by atoms with Gasteiger partial charge in [0.25, 0.3) is 0 Å². The van der Waals surface area contributed by atoms with E-state index in [0.29, 0.717) is 17.4 Å². The van der Waals surface area contributed by atoms with E-state index < -0.39 is 0 Å². The van der Waals surface area contributed by atoms with Crippen LogP contribution in [0.15, 0.2) is 78.9 Å². The summed E-state index contributed by atoms with van der Waals surface area (Å²) in [5.41, 5.74) is 7.41. The molecule has 3 aromatic carbocycles. The summed E-state index contributed by atoms with van der Waals surface area (Å²) in [5, 5.41) is 0. The molecular formula is C23H26ClNO2. The maximum Gasteiger partial charge on any atom is 0.170 e. The van der Waals surface area contributed by atoms with Gasteiger partial charge in [-0.15, -0.1) is 12.4 Å². The molecule has 1 atom stereocenters. The summed E-state index contributed by atoms with van der Waals surface area (Å²) in [7, 11) is 0. The molecule has 0 aliphatic heterocycles. The fourth-order valence-corrected chi connectivity index (χ4v) is 2.79. The number of halogens is 1. The standard InChI is InChI=1S/C23H25NO2.ClH/c1-17(2)15-21(24)18-13-14-22(25-19-9-5-3-6-10-19)23(16-18)26-20-11-7-4-8-12-20;/h3-14,16-17,21H,15,24H2,1-2H3;1H/t21-;/m1./s1. The first-order valence-corrected chi connectivity index (χ1v) is 8.97. The molecule has 0 saturated heterocycles. The zero-order valence-corrected chi connectivity index (χ0v) is 16.5. The van der Waals surface area contributed by atoms with Crippen LogP contribution in [0.5, 0.6) is 23.0 Å². The molecule has 0 aliphatic rings. The van der Waals surface area contributed by atoms with Crippen molar-refractivity contribution in [2.45, 2.75) is 26.3 Å². The SMILES string of the molecule is CC(C)C[C@@H](N)c1ccc(Oc2ccccc2)c(Oc2ccccc2)c1.Cl. The first-order chi connectivity index (χ1) is 12.6. The first kappa shape index (κ1) is 20.8. The second kappa shape index (κ2) is 10.0. The van der Waals surface area contributed by atoms with Crippen molar-refractivity contribution in [2.24, 2.45) is 11.7 Å². The lowest BCUT2D eigenvalue weighted by Crippen LogP contribution is -2.13. The highest BCUT2D eigenvalue weighted by atomic mass is 35.5. The molecule has 0 bridgehead atoms. The van der Waals surface area contributed by atoms with Gasteiger partial charge in [-0.3, -0.25) is 0 Å². The van der Waals surface area contributed by atoms with Crippen molar-refractivity contribution >= 4 is 12.4 Å². The van der Waals surface area contributed by atoms with Crippen molar-refractivity contribution in [3.05, 3.63) is 84.4 Å². The predicted octanol–water partition coefficient (Wildman–Crippen LogP) is 6.74. The Balaban J connectivity index is 0.00000261. The largest absolute Gasteiger partial charge is 0.453 e. The van der Waals surface area contributed by atoms with Crippen molar-refractivity contribution in [2.75, 3.05) is 0 Å². The van der Waals surface area contributed by atoms with Crippen molar-refractivity contribution in [3.8, 4) is 23.0 Å². The van der Waals surface area contributed by atoms with E-state index in [1.54, 1.807) is 0 Å². The molecule has 3 rings (SSSR count). The molecule has 0 aromatic heterocycles. The molecule has 3 nitrogen and oxygen atoms in total. The Morgan fingerprint density at radius 1 is 0.741 bits per heavy atom. The van der Waals surface area contributed by atoms with E-state index in [4.69, 9.17) is 15.2 Å². The summed E-state index contributed by atoms with van der Waals surface area (Å²) in [6, 6.07) is 25.3. The van der Waals surface area contributed by atoms with Gasteiger partial charge in [-0.25, -0.2) is 0 Å². The van der Waals surface area contributed by atoms with E-state index in [1.807, 2.05) is 78.9 Å². The average molecular weight is 384 g/mol. The Morgan fingerprint density at radius 2 is 1.26 bits per heavy atom. The van der Waals surface area contributed by atoms with Gasteiger partial charge in [0.1, 0.15) is 11.5 Å². The van der Waals surface area contributed by atoms with E-state index in [0.717, 1.165) is 23.5 Å². The lowest BCUT2D eigenvalue weighted by Gasteiger charge is -2.18. The van der Waals surface area contributed by atoms with Gasteiger partial charge in [0.15, 0.2) is 11.5 Å². The lowest BCUT2D eigenvalue weighted by molar-refractivity contribution is 0.416. The molecule has 0 aliphatic carbocycles. The van der Waals surface area contributed by atoms with Crippen LogP contribution in [0.1, 0.15) is 31.9 Å². The number of para-hydroxylation sites is 2. The smallest absolute Gasteiger partial charge is 0.170 e. The normalized spacial score (nSPS) is 11.6. The van der Waals surface area contributed by atoms with Crippen LogP contribution in [0.2, 0.25) is 0 Å². The van der Waals surface area contributed by atoms with Gasteiger partial charge < -0.3 is 15.2 Å². The highest BCUT2D eigenvalue weighted by Crippen LogP contribution is 2.37. The molecule has 142 valence electrons. The summed E-state index contributed by atoms with van der Waals surface area (Å²) in [6.45, 7) is 4.35. The number of hydrogen-bond donors (Lipinski definition) is 1. The Bertz CT molecular complexity index is 822. The molecule has 3 aromatic rings. The molecule has 0 heterocycles. The summed E-state index contributed by atoms with van der Waals surface area (Å²) < 4.78 is 12.1. The van der Waals surface area contributed by atoms with Crippen molar-refractivity contribution in [3.63, 3.8) is 0 Å². The molecule has 2 N–H and O–H groups in total. The molecular weight excluding hydrogens is 358 g/mol. The molecule has 27 heavy (non-hydrogen) atoms. The van der Waals surface area contributed by atoms with Crippen molar-refractivity contribution < 1.29 is 9.47 Å². The van der Waals surface area contributed by atoms with Gasteiger partial charge in [0, 0.05) is 6.04 Å². The molecule has 0 radical (unpaired) electrons. The van der Waals surface area contributed by atoms with Crippen molar-refractivity contribution in [1.29, 1.82) is 0 Å². The number of rotatable bonds is 7. The van der Waals surface area contributed by atoms with E-state index in [1.165, 1.54) is 0 Å². The Labute approximate surface area is 167 Å². The van der Waals surface area contributed by atoms with Gasteiger partial charge in [0.2, 0.25) is 0 Å². The van der Waals surface area contributed by atoms with E-state index in [2.05, 4.69) is 13.8 Å². The molecule has 0 spiro atoms. The number of nitrogens with two attached hydrogens (primary N) is 1. The summed E-state index contributed by atoms with van der Waals surface area (Å²) in [5.74, 6) is 3.39. The topological polar surface area (TPSA) is 44.5 Å². The highest BCUT2D eigenvalue weighted by Gasteiger charge is 2.14. The molecule has 4 heteroatoms. The molecule has 0 fully saturated rings. The van der Waals surface area contributed by atoms with Gasteiger partial charge in [-0.1, -0.05) is 56.3 Å². The Morgan fingerprint density at radius 3 is 1.78 bits per heavy atom. The molecule has 0 amide bonds. The van der Waals surface area contributed by atoms with Gasteiger partial charge in [-0.05, 0) is 54.3 Å².